The van der Waals surface area contributed by atoms with Crippen molar-refractivity contribution >= 4 is 43.6 Å². The van der Waals surface area contributed by atoms with Crippen LogP contribution in [-0.2, 0) is 33.9 Å². The number of ether oxygens (including phenoxy) is 1. The van der Waals surface area contributed by atoms with Gasteiger partial charge in [-0.15, -0.1) is 0 Å². The number of rotatable bonds is 14. The molecule has 14 heteroatoms. The SMILES string of the molecule is CC(=O)NCCOS(=O)(=O)c1ccc(S(=O)(=O)N2CCC(NC(=O)C(C)(C)CCCOc3ccc(Cl)cc3)CC2)cc1. The van der Waals surface area contributed by atoms with Crippen molar-refractivity contribution in [3.8, 4) is 5.75 Å². The third-order valence-corrected chi connectivity index (χ3v) is 10.4. The molecular weight excluding hydrogens is 606 g/mol. The molecule has 2 aromatic rings. The van der Waals surface area contributed by atoms with Crippen molar-refractivity contribution in [1.29, 1.82) is 0 Å². The molecule has 1 aliphatic rings. The van der Waals surface area contributed by atoms with Crippen LogP contribution in [0.5, 0.6) is 5.75 Å². The molecule has 232 valence electrons. The third kappa shape index (κ3) is 9.66. The number of benzene rings is 2. The fraction of sp³-hybridized carbons (Fsp3) is 0.500. The van der Waals surface area contributed by atoms with E-state index in [1.54, 1.807) is 24.3 Å². The molecule has 11 nitrogen and oxygen atoms in total. The maximum Gasteiger partial charge on any atom is 0.297 e. The molecule has 1 heterocycles. The van der Waals surface area contributed by atoms with E-state index in [9.17, 15) is 26.4 Å². The first-order chi connectivity index (χ1) is 19.7. The highest BCUT2D eigenvalue weighted by atomic mass is 35.5. The second kappa shape index (κ2) is 14.6. The molecule has 1 aliphatic heterocycles. The Labute approximate surface area is 253 Å². The molecule has 2 N–H and O–H groups in total. The van der Waals surface area contributed by atoms with Crippen LogP contribution < -0.4 is 15.4 Å². The monoisotopic (exact) mass is 643 g/mol. The van der Waals surface area contributed by atoms with Gasteiger partial charge in [-0.1, -0.05) is 25.4 Å². The van der Waals surface area contributed by atoms with Gasteiger partial charge in [-0.2, -0.15) is 12.7 Å². The summed E-state index contributed by atoms with van der Waals surface area (Å²) in [6.45, 7) is 5.73. The van der Waals surface area contributed by atoms with E-state index in [-0.39, 0.29) is 53.9 Å². The molecule has 3 rings (SSSR count). The summed E-state index contributed by atoms with van der Waals surface area (Å²) >= 11 is 5.88. The fourth-order valence-corrected chi connectivity index (χ4v) is 6.85. The molecule has 1 fully saturated rings. The molecule has 42 heavy (non-hydrogen) atoms. The van der Waals surface area contributed by atoms with Crippen LogP contribution >= 0.6 is 11.6 Å². The highest BCUT2D eigenvalue weighted by Gasteiger charge is 2.33. The van der Waals surface area contributed by atoms with E-state index in [1.165, 1.54) is 35.5 Å². The first kappa shape index (κ1) is 33.8. The van der Waals surface area contributed by atoms with Crippen LogP contribution in [0.2, 0.25) is 5.02 Å². The number of halogens is 1. The zero-order valence-corrected chi connectivity index (χ0v) is 26.4. The number of hydrogen-bond acceptors (Lipinski definition) is 8. The average Bonchev–Trinajstić information content (AvgIpc) is 2.94. The van der Waals surface area contributed by atoms with Gasteiger partial charge in [0.25, 0.3) is 10.1 Å². The van der Waals surface area contributed by atoms with Crippen LogP contribution in [0.1, 0.15) is 46.5 Å². The minimum Gasteiger partial charge on any atom is -0.494 e. The predicted octanol–water partition coefficient (Wildman–Crippen LogP) is 3.34. The van der Waals surface area contributed by atoms with E-state index < -0.39 is 25.6 Å². The lowest BCUT2D eigenvalue weighted by Crippen LogP contribution is -2.49. The molecule has 0 unspecified atom stereocenters. The number of carbonyl (C=O) groups excluding carboxylic acids is 2. The van der Waals surface area contributed by atoms with Gasteiger partial charge >= 0.3 is 0 Å². The maximum absolute atomic E-state index is 13.2. The van der Waals surface area contributed by atoms with E-state index in [0.29, 0.717) is 43.1 Å². The Morgan fingerprint density at radius 3 is 2.14 bits per heavy atom. The van der Waals surface area contributed by atoms with Gasteiger partial charge in [-0.25, -0.2) is 8.42 Å². The molecule has 0 saturated carbocycles. The van der Waals surface area contributed by atoms with Gasteiger partial charge < -0.3 is 15.4 Å². The number of nitrogens with one attached hydrogen (secondary N) is 2. The average molecular weight is 644 g/mol. The van der Waals surface area contributed by atoms with Gasteiger partial charge in [0.1, 0.15) is 5.75 Å². The van der Waals surface area contributed by atoms with Gasteiger partial charge in [-0.05, 0) is 74.2 Å². The fourth-order valence-electron chi connectivity index (χ4n) is 4.34. The molecule has 0 radical (unpaired) electrons. The number of carbonyl (C=O) groups is 2. The summed E-state index contributed by atoms with van der Waals surface area (Å²) in [5.41, 5.74) is -0.623. The normalized spacial score (nSPS) is 15.2. The number of piperidine rings is 1. The van der Waals surface area contributed by atoms with E-state index in [2.05, 4.69) is 10.6 Å². The first-order valence-electron chi connectivity index (χ1n) is 13.6. The third-order valence-electron chi connectivity index (χ3n) is 6.90. The number of sulfonamides is 1. The van der Waals surface area contributed by atoms with Crippen molar-refractivity contribution in [2.45, 2.75) is 62.3 Å². The summed E-state index contributed by atoms with van der Waals surface area (Å²) in [4.78, 5) is 23.6. The molecule has 2 amide bonds. The summed E-state index contributed by atoms with van der Waals surface area (Å²) in [5, 5.41) is 6.13. The lowest BCUT2D eigenvalue weighted by atomic mass is 9.86. The molecule has 0 atom stereocenters. The Morgan fingerprint density at radius 1 is 0.952 bits per heavy atom. The van der Waals surface area contributed by atoms with Crippen molar-refractivity contribution in [2.24, 2.45) is 5.41 Å². The molecule has 2 aromatic carbocycles. The van der Waals surface area contributed by atoms with Crippen LogP contribution in [0.4, 0.5) is 0 Å². The zero-order chi connectivity index (χ0) is 31.0. The quantitative estimate of drug-likeness (QED) is 0.235. The number of amides is 2. The summed E-state index contributed by atoms with van der Waals surface area (Å²) < 4.78 is 63.0. The summed E-state index contributed by atoms with van der Waals surface area (Å²) in [5.74, 6) is 0.313. The molecular formula is C28H38ClN3O8S2. The number of nitrogens with zero attached hydrogens (tertiary/aromatic N) is 1. The van der Waals surface area contributed by atoms with Crippen LogP contribution in [0.3, 0.4) is 0 Å². The Balaban J connectivity index is 1.46. The van der Waals surface area contributed by atoms with Crippen LogP contribution in [-0.4, -0.2) is 71.8 Å². The van der Waals surface area contributed by atoms with Crippen molar-refractivity contribution < 1.29 is 35.3 Å². The lowest BCUT2D eigenvalue weighted by molar-refractivity contribution is -0.130. The van der Waals surface area contributed by atoms with Crippen molar-refractivity contribution in [3.05, 3.63) is 53.6 Å². The Bertz CT molecular complexity index is 1420. The molecule has 0 spiro atoms. The minimum absolute atomic E-state index is 0.0228. The highest BCUT2D eigenvalue weighted by molar-refractivity contribution is 7.89. The van der Waals surface area contributed by atoms with Gasteiger partial charge in [0.15, 0.2) is 0 Å². The molecule has 0 aromatic heterocycles. The van der Waals surface area contributed by atoms with Crippen LogP contribution in [0, 0.1) is 5.41 Å². The standard InChI is InChI=1S/C28H38ClN3O8S2/c1-21(33)30-16-20-40-42(37,38)26-11-9-25(10-12-26)41(35,36)32-17-13-23(14-18-32)31-27(34)28(2,3)15-4-19-39-24-7-5-22(29)6-8-24/h5-12,23H,4,13-20H2,1-3H3,(H,30,33)(H,31,34). The van der Waals surface area contributed by atoms with Crippen LogP contribution in [0.25, 0.3) is 0 Å². The van der Waals surface area contributed by atoms with Crippen LogP contribution in [0.15, 0.2) is 58.3 Å². The second-order valence-corrected chi connectivity index (χ2v) is 14.7. The minimum atomic E-state index is -4.11. The van der Waals surface area contributed by atoms with Gasteiger partial charge in [0.2, 0.25) is 21.8 Å². The smallest absolute Gasteiger partial charge is 0.297 e. The second-order valence-electron chi connectivity index (χ2n) is 10.7. The van der Waals surface area contributed by atoms with Gasteiger partial charge in [-0.3, -0.25) is 13.8 Å². The van der Waals surface area contributed by atoms with E-state index in [0.717, 1.165) is 0 Å². The topological polar surface area (TPSA) is 148 Å². The largest absolute Gasteiger partial charge is 0.494 e. The Morgan fingerprint density at radius 2 is 1.55 bits per heavy atom. The highest BCUT2D eigenvalue weighted by Crippen LogP contribution is 2.26. The van der Waals surface area contributed by atoms with Crippen molar-refractivity contribution in [2.75, 3.05) is 32.8 Å². The number of hydrogen-bond donors (Lipinski definition) is 2. The Kier molecular flexibility index (Phi) is 11.8. The Hall–Kier alpha value is -2.71. The van der Waals surface area contributed by atoms with Crippen molar-refractivity contribution in [1.82, 2.24) is 14.9 Å². The molecule has 1 saturated heterocycles. The zero-order valence-electron chi connectivity index (χ0n) is 24.0. The first-order valence-corrected chi connectivity index (χ1v) is 16.9. The maximum atomic E-state index is 13.2. The summed E-state index contributed by atoms with van der Waals surface area (Å²) in [6.07, 6.45) is 2.21. The van der Waals surface area contributed by atoms with Crippen molar-refractivity contribution in [3.63, 3.8) is 0 Å². The lowest BCUT2D eigenvalue weighted by Gasteiger charge is -2.33. The molecule has 0 bridgehead atoms. The van der Waals surface area contributed by atoms with E-state index in [1.807, 2.05) is 13.8 Å². The molecule has 0 aliphatic carbocycles. The van der Waals surface area contributed by atoms with E-state index in [4.69, 9.17) is 20.5 Å². The predicted molar refractivity (Wildman–Crippen MR) is 158 cm³/mol. The van der Waals surface area contributed by atoms with Gasteiger partial charge in [0.05, 0.1) is 23.0 Å². The van der Waals surface area contributed by atoms with E-state index >= 15 is 0 Å². The van der Waals surface area contributed by atoms with Gasteiger partial charge in [0, 0.05) is 43.0 Å². The summed E-state index contributed by atoms with van der Waals surface area (Å²) in [6, 6.07) is 11.7. The summed E-state index contributed by atoms with van der Waals surface area (Å²) in [7, 11) is -7.97.